The van der Waals surface area contributed by atoms with Crippen LogP contribution in [0.25, 0.3) is 0 Å². The Bertz CT molecular complexity index is 504. The van der Waals surface area contributed by atoms with Crippen molar-refractivity contribution in [3.63, 3.8) is 0 Å². The zero-order chi connectivity index (χ0) is 12.5. The highest BCUT2D eigenvalue weighted by molar-refractivity contribution is 7.89. The van der Waals surface area contributed by atoms with Gasteiger partial charge in [-0.25, -0.2) is 27.3 Å². The van der Waals surface area contributed by atoms with Gasteiger partial charge in [-0.05, 0) is 6.07 Å². The highest BCUT2D eigenvalue weighted by Gasteiger charge is 2.24. The maximum Gasteiger partial charge on any atom is 0.281 e. The molecule has 0 spiro atoms. The Hall–Kier alpha value is -1.48. The lowest BCUT2D eigenvalue weighted by Crippen LogP contribution is -2.17. The number of pyridine rings is 1. The van der Waals surface area contributed by atoms with Gasteiger partial charge in [-0.2, -0.15) is 0 Å². The van der Waals surface area contributed by atoms with Crippen molar-refractivity contribution >= 4 is 15.7 Å². The van der Waals surface area contributed by atoms with Crippen molar-refractivity contribution < 1.29 is 21.9 Å². The molecule has 0 fully saturated rings. The van der Waals surface area contributed by atoms with Gasteiger partial charge in [0, 0.05) is 0 Å². The Morgan fingerprint density at radius 2 is 2.06 bits per heavy atom. The van der Waals surface area contributed by atoms with Gasteiger partial charge in [-0.3, -0.25) is 0 Å². The van der Waals surface area contributed by atoms with Gasteiger partial charge in [0.05, 0.1) is 12.8 Å². The first-order valence-corrected chi connectivity index (χ1v) is 5.47. The fourth-order valence-corrected chi connectivity index (χ4v) is 1.77. The van der Waals surface area contributed by atoms with Crippen molar-refractivity contribution in [3.8, 4) is 5.88 Å². The molecule has 0 aromatic carbocycles. The number of alkyl halides is 2. The number of nitrogens with two attached hydrogens (primary N) is 2. The summed E-state index contributed by atoms with van der Waals surface area (Å²) in [6.45, 7) is 0. The van der Waals surface area contributed by atoms with E-state index < -0.39 is 27.0 Å². The van der Waals surface area contributed by atoms with Crippen molar-refractivity contribution in [1.82, 2.24) is 4.98 Å². The zero-order valence-corrected chi connectivity index (χ0v) is 8.96. The van der Waals surface area contributed by atoms with Gasteiger partial charge in [-0.15, -0.1) is 0 Å². The molecule has 0 bridgehead atoms. The third-order valence-corrected chi connectivity index (χ3v) is 2.65. The highest BCUT2D eigenvalue weighted by atomic mass is 32.2. The third kappa shape index (κ3) is 2.36. The Kier molecular flexibility index (Phi) is 3.29. The van der Waals surface area contributed by atoms with Gasteiger partial charge in [0.1, 0.15) is 10.6 Å². The molecule has 0 aliphatic carbocycles. The number of sulfonamides is 1. The SMILES string of the molecule is COc1nc(C(F)F)c(S(N)(=O)=O)cc1N. The fourth-order valence-electron chi connectivity index (χ4n) is 1.05. The maximum absolute atomic E-state index is 12.5. The first kappa shape index (κ1) is 12.6. The van der Waals surface area contributed by atoms with Crippen LogP contribution < -0.4 is 15.6 Å². The minimum Gasteiger partial charge on any atom is -0.480 e. The molecule has 0 aliphatic rings. The number of aromatic nitrogens is 1. The molecule has 0 aliphatic heterocycles. The summed E-state index contributed by atoms with van der Waals surface area (Å²) in [5.41, 5.74) is 4.18. The summed E-state index contributed by atoms with van der Waals surface area (Å²) in [6, 6.07) is 0.794. The van der Waals surface area contributed by atoms with Crippen molar-refractivity contribution in [1.29, 1.82) is 0 Å². The van der Waals surface area contributed by atoms with Crippen LogP contribution in [0.1, 0.15) is 12.1 Å². The van der Waals surface area contributed by atoms with Crippen LogP contribution in [0.4, 0.5) is 14.5 Å². The van der Waals surface area contributed by atoms with Gasteiger partial charge in [-0.1, -0.05) is 0 Å². The van der Waals surface area contributed by atoms with Crippen LogP contribution in [-0.4, -0.2) is 20.5 Å². The minimum absolute atomic E-state index is 0.184. The summed E-state index contributed by atoms with van der Waals surface area (Å²) in [4.78, 5) is 2.50. The van der Waals surface area contributed by atoms with E-state index in [0.29, 0.717) is 0 Å². The average Bonchev–Trinajstić information content (AvgIpc) is 2.15. The Labute approximate surface area is 90.3 Å². The maximum atomic E-state index is 12.5. The van der Waals surface area contributed by atoms with Crippen LogP contribution in [0.15, 0.2) is 11.0 Å². The molecule has 0 saturated carbocycles. The van der Waals surface area contributed by atoms with E-state index in [9.17, 15) is 17.2 Å². The molecular formula is C7H9F2N3O3S. The van der Waals surface area contributed by atoms with E-state index in [-0.39, 0.29) is 11.6 Å². The molecular weight excluding hydrogens is 244 g/mol. The predicted octanol–water partition coefficient (Wildman–Crippen LogP) is 0.257. The van der Waals surface area contributed by atoms with Gasteiger partial charge in [0.2, 0.25) is 15.9 Å². The normalized spacial score (nSPS) is 11.8. The second kappa shape index (κ2) is 4.18. The molecule has 0 radical (unpaired) electrons. The Morgan fingerprint density at radius 1 is 1.50 bits per heavy atom. The Balaban J connectivity index is 3.55. The molecule has 9 heteroatoms. The molecule has 16 heavy (non-hydrogen) atoms. The number of ether oxygens (including phenoxy) is 1. The van der Waals surface area contributed by atoms with Gasteiger partial charge < -0.3 is 10.5 Å². The quantitative estimate of drug-likeness (QED) is 0.803. The molecule has 1 aromatic heterocycles. The van der Waals surface area contributed by atoms with Crippen molar-refractivity contribution in [2.24, 2.45) is 5.14 Å². The molecule has 1 aromatic rings. The summed E-state index contributed by atoms with van der Waals surface area (Å²) >= 11 is 0. The van der Waals surface area contributed by atoms with Gasteiger partial charge >= 0.3 is 0 Å². The molecule has 0 saturated heterocycles. The van der Waals surface area contributed by atoms with E-state index in [0.717, 1.165) is 6.07 Å². The van der Waals surface area contributed by atoms with Crippen molar-refractivity contribution in [2.45, 2.75) is 11.3 Å². The Morgan fingerprint density at radius 3 is 2.44 bits per heavy atom. The van der Waals surface area contributed by atoms with Gasteiger partial charge in [0.25, 0.3) is 6.43 Å². The van der Waals surface area contributed by atoms with E-state index in [4.69, 9.17) is 10.9 Å². The minimum atomic E-state index is -4.30. The number of rotatable bonds is 3. The topological polar surface area (TPSA) is 108 Å². The van der Waals surface area contributed by atoms with Crippen LogP contribution in [0.3, 0.4) is 0 Å². The molecule has 0 amide bonds. The summed E-state index contributed by atoms with van der Waals surface area (Å²) in [6.07, 6.45) is -3.09. The van der Waals surface area contributed by atoms with Gasteiger partial charge in [0.15, 0.2) is 0 Å². The summed E-state index contributed by atoms with van der Waals surface area (Å²) in [7, 11) is -3.13. The molecule has 6 nitrogen and oxygen atoms in total. The molecule has 90 valence electrons. The number of halogens is 2. The first-order chi connectivity index (χ1) is 7.27. The van der Waals surface area contributed by atoms with Crippen LogP contribution >= 0.6 is 0 Å². The summed E-state index contributed by atoms with van der Waals surface area (Å²) < 4.78 is 51.7. The zero-order valence-electron chi connectivity index (χ0n) is 8.15. The number of nitrogen functional groups attached to an aromatic ring is 1. The number of hydrogen-bond acceptors (Lipinski definition) is 5. The predicted molar refractivity (Wildman–Crippen MR) is 51.5 cm³/mol. The first-order valence-electron chi connectivity index (χ1n) is 3.92. The smallest absolute Gasteiger partial charge is 0.281 e. The number of methoxy groups -OCH3 is 1. The second-order valence-corrected chi connectivity index (χ2v) is 4.35. The lowest BCUT2D eigenvalue weighted by molar-refractivity contribution is 0.141. The summed E-state index contributed by atoms with van der Waals surface area (Å²) in [5.74, 6) is -0.275. The van der Waals surface area contributed by atoms with E-state index >= 15 is 0 Å². The largest absolute Gasteiger partial charge is 0.480 e. The number of nitrogens with zero attached hydrogens (tertiary/aromatic N) is 1. The van der Waals surface area contributed by atoms with Crippen molar-refractivity contribution in [2.75, 3.05) is 12.8 Å². The van der Waals surface area contributed by atoms with E-state index in [1.54, 1.807) is 0 Å². The summed E-state index contributed by atoms with van der Waals surface area (Å²) in [5, 5.41) is 4.76. The van der Waals surface area contributed by atoms with Crippen LogP contribution in [0, 0.1) is 0 Å². The molecule has 4 N–H and O–H groups in total. The van der Waals surface area contributed by atoms with Crippen LogP contribution in [0.5, 0.6) is 5.88 Å². The van der Waals surface area contributed by atoms with Crippen LogP contribution in [-0.2, 0) is 10.0 Å². The highest BCUT2D eigenvalue weighted by Crippen LogP contribution is 2.30. The molecule has 1 heterocycles. The van der Waals surface area contributed by atoms with E-state index in [2.05, 4.69) is 9.72 Å². The third-order valence-electron chi connectivity index (χ3n) is 1.71. The lowest BCUT2D eigenvalue weighted by atomic mass is 10.3. The van der Waals surface area contributed by atoms with Crippen LogP contribution in [0.2, 0.25) is 0 Å². The van der Waals surface area contributed by atoms with E-state index in [1.807, 2.05) is 0 Å². The lowest BCUT2D eigenvalue weighted by Gasteiger charge is -2.10. The average molecular weight is 253 g/mol. The second-order valence-electron chi connectivity index (χ2n) is 2.82. The molecule has 0 atom stereocenters. The number of primary sulfonamides is 1. The number of hydrogen-bond donors (Lipinski definition) is 2. The molecule has 1 rings (SSSR count). The number of anilines is 1. The standard InChI is InChI=1S/C7H9F2N3O3S/c1-15-7-3(10)2-4(16(11,13)14)5(12-7)6(8)9/h2,6H,10H2,1H3,(H2,11,13,14). The van der Waals surface area contributed by atoms with Crippen molar-refractivity contribution in [3.05, 3.63) is 11.8 Å². The van der Waals surface area contributed by atoms with E-state index in [1.165, 1.54) is 7.11 Å². The fraction of sp³-hybridized carbons (Fsp3) is 0.286. The molecule has 0 unspecified atom stereocenters. The monoisotopic (exact) mass is 253 g/mol.